The fourth-order valence-corrected chi connectivity index (χ4v) is 1.93. The van der Waals surface area contributed by atoms with E-state index in [0.717, 1.165) is 31.3 Å². The first-order valence-corrected chi connectivity index (χ1v) is 7.33. The predicted octanol–water partition coefficient (Wildman–Crippen LogP) is 5.17. The summed E-state index contributed by atoms with van der Waals surface area (Å²) >= 11 is 0. The number of hydrogen-bond donors (Lipinski definition) is 0. The SMILES string of the molecule is C=C/C(=C\C=C(C)C)OC(=O)C1CCCCC1.CC. The van der Waals surface area contributed by atoms with Crippen LogP contribution in [0.15, 0.2) is 36.1 Å². The van der Waals surface area contributed by atoms with Gasteiger partial charge in [-0.25, -0.2) is 0 Å². The molecule has 0 bridgehead atoms. The van der Waals surface area contributed by atoms with E-state index in [-0.39, 0.29) is 11.9 Å². The molecule has 0 radical (unpaired) electrons. The second-order valence-corrected chi connectivity index (χ2v) is 4.77. The minimum absolute atomic E-state index is 0.0822. The van der Waals surface area contributed by atoms with Crippen LogP contribution in [0.1, 0.15) is 59.8 Å². The van der Waals surface area contributed by atoms with Gasteiger partial charge >= 0.3 is 5.97 Å². The molecule has 0 spiro atoms. The van der Waals surface area contributed by atoms with Crippen LogP contribution in [0, 0.1) is 5.92 Å². The molecule has 19 heavy (non-hydrogen) atoms. The van der Waals surface area contributed by atoms with E-state index >= 15 is 0 Å². The second kappa shape index (κ2) is 10.6. The first-order chi connectivity index (χ1) is 9.13. The largest absolute Gasteiger partial charge is 0.426 e. The molecule has 0 heterocycles. The summed E-state index contributed by atoms with van der Waals surface area (Å²) in [4.78, 5) is 11.9. The number of hydrogen-bond acceptors (Lipinski definition) is 2. The molecule has 108 valence electrons. The van der Waals surface area contributed by atoms with Crippen LogP contribution in [0.5, 0.6) is 0 Å². The number of rotatable bonds is 4. The Hall–Kier alpha value is -1.31. The van der Waals surface area contributed by atoms with Gasteiger partial charge in [0.15, 0.2) is 0 Å². The molecule has 1 saturated carbocycles. The van der Waals surface area contributed by atoms with Crippen LogP contribution in [0.4, 0.5) is 0 Å². The van der Waals surface area contributed by atoms with E-state index in [1.807, 2.05) is 33.8 Å². The fraction of sp³-hybridized carbons (Fsp3) is 0.588. The Morgan fingerprint density at radius 1 is 1.11 bits per heavy atom. The van der Waals surface area contributed by atoms with E-state index in [0.29, 0.717) is 5.76 Å². The maximum Gasteiger partial charge on any atom is 0.314 e. The molecule has 0 N–H and O–H groups in total. The molecule has 0 atom stereocenters. The van der Waals surface area contributed by atoms with Crippen molar-refractivity contribution in [3.8, 4) is 0 Å². The Bertz CT molecular complexity index is 327. The van der Waals surface area contributed by atoms with Gasteiger partial charge < -0.3 is 4.74 Å². The molecule has 0 aliphatic heterocycles. The maximum absolute atomic E-state index is 11.9. The van der Waals surface area contributed by atoms with Gasteiger partial charge in [0, 0.05) is 0 Å². The third-order valence-electron chi connectivity index (χ3n) is 2.94. The number of esters is 1. The molecular formula is C17H28O2. The molecule has 1 fully saturated rings. The average Bonchev–Trinajstić information content (AvgIpc) is 2.46. The van der Waals surface area contributed by atoms with Crippen molar-refractivity contribution >= 4 is 5.97 Å². The highest BCUT2D eigenvalue weighted by Gasteiger charge is 2.22. The van der Waals surface area contributed by atoms with Gasteiger partial charge in [0.25, 0.3) is 0 Å². The highest BCUT2D eigenvalue weighted by molar-refractivity contribution is 5.74. The van der Waals surface area contributed by atoms with Gasteiger partial charge in [-0.1, -0.05) is 51.3 Å². The molecule has 0 amide bonds. The number of carbonyl (C=O) groups is 1. The summed E-state index contributed by atoms with van der Waals surface area (Å²) < 4.78 is 5.35. The van der Waals surface area contributed by atoms with Crippen LogP contribution in [0.2, 0.25) is 0 Å². The van der Waals surface area contributed by atoms with Gasteiger partial charge in [-0.3, -0.25) is 4.79 Å². The quantitative estimate of drug-likeness (QED) is 0.397. The molecule has 0 aromatic heterocycles. The van der Waals surface area contributed by atoms with E-state index in [2.05, 4.69) is 6.58 Å². The summed E-state index contributed by atoms with van der Waals surface area (Å²) in [6.45, 7) is 11.7. The highest BCUT2D eigenvalue weighted by atomic mass is 16.5. The van der Waals surface area contributed by atoms with Crippen molar-refractivity contribution in [1.29, 1.82) is 0 Å². The average molecular weight is 264 g/mol. The van der Waals surface area contributed by atoms with Crippen LogP contribution in [-0.4, -0.2) is 5.97 Å². The Morgan fingerprint density at radius 3 is 2.16 bits per heavy atom. The second-order valence-electron chi connectivity index (χ2n) is 4.77. The van der Waals surface area contributed by atoms with Crippen molar-refractivity contribution in [2.24, 2.45) is 5.92 Å². The van der Waals surface area contributed by atoms with Gasteiger partial charge in [-0.05, 0) is 38.8 Å². The molecule has 0 saturated heterocycles. The van der Waals surface area contributed by atoms with Crippen molar-refractivity contribution in [3.63, 3.8) is 0 Å². The summed E-state index contributed by atoms with van der Waals surface area (Å²) in [6.07, 6.45) is 10.7. The Kier molecular flexibility index (Phi) is 9.87. The van der Waals surface area contributed by atoms with Crippen LogP contribution in [-0.2, 0) is 9.53 Å². The maximum atomic E-state index is 11.9. The van der Waals surface area contributed by atoms with E-state index in [4.69, 9.17) is 4.74 Å². The minimum Gasteiger partial charge on any atom is -0.426 e. The molecule has 0 aromatic rings. The van der Waals surface area contributed by atoms with Crippen LogP contribution in [0.25, 0.3) is 0 Å². The molecular weight excluding hydrogens is 236 g/mol. The van der Waals surface area contributed by atoms with Gasteiger partial charge in [0.05, 0.1) is 5.92 Å². The topological polar surface area (TPSA) is 26.3 Å². The Morgan fingerprint density at radius 2 is 1.68 bits per heavy atom. The van der Waals surface area contributed by atoms with Crippen LogP contribution < -0.4 is 0 Å². The molecule has 2 heteroatoms. The summed E-state index contributed by atoms with van der Waals surface area (Å²) in [6, 6.07) is 0. The van der Waals surface area contributed by atoms with Gasteiger partial charge in [0.2, 0.25) is 0 Å². The van der Waals surface area contributed by atoms with Crippen molar-refractivity contribution < 1.29 is 9.53 Å². The van der Waals surface area contributed by atoms with Gasteiger partial charge in [-0.15, -0.1) is 0 Å². The lowest BCUT2D eigenvalue weighted by Gasteiger charge is -2.19. The molecule has 0 aromatic carbocycles. The van der Waals surface area contributed by atoms with Crippen LogP contribution >= 0.6 is 0 Å². The predicted molar refractivity (Wildman–Crippen MR) is 81.7 cm³/mol. The molecule has 1 aliphatic carbocycles. The zero-order valence-corrected chi connectivity index (χ0v) is 12.9. The summed E-state index contributed by atoms with van der Waals surface area (Å²) in [5, 5.41) is 0. The summed E-state index contributed by atoms with van der Waals surface area (Å²) in [5.41, 5.74) is 1.16. The molecule has 1 rings (SSSR count). The van der Waals surface area contributed by atoms with Crippen molar-refractivity contribution in [2.75, 3.05) is 0 Å². The smallest absolute Gasteiger partial charge is 0.314 e. The first kappa shape index (κ1) is 17.7. The number of allylic oxidation sites excluding steroid dienone is 4. The third-order valence-corrected chi connectivity index (χ3v) is 2.94. The monoisotopic (exact) mass is 264 g/mol. The zero-order chi connectivity index (χ0) is 14.7. The zero-order valence-electron chi connectivity index (χ0n) is 12.9. The number of carbonyl (C=O) groups excluding carboxylic acids is 1. The third kappa shape index (κ3) is 7.66. The lowest BCUT2D eigenvalue weighted by molar-refractivity contribution is -0.144. The van der Waals surface area contributed by atoms with E-state index < -0.39 is 0 Å². The van der Waals surface area contributed by atoms with Gasteiger partial charge in [-0.2, -0.15) is 0 Å². The van der Waals surface area contributed by atoms with E-state index in [1.54, 1.807) is 12.2 Å². The molecule has 1 aliphatic rings. The normalized spacial score (nSPS) is 15.9. The lowest BCUT2D eigenvalue weighted by atomic mass is 9.89. The molecule has 0 unspecified atom stereocenters. The van der Waals surface area contributed by atoms with Crippen molar-refractivity contribution in [2.45, 2.75) is 59.8 Å². The van der Waals surface area contributed by atoms with E-state index in [9.17, 15) is 4.79 Å². The highest BCUT2D eigenvalue weighted by Crippen LogP contribution is 2.25. The van der Waals surface area contributed by atoms with Crippen molar-refractivity contribution in [1.82, 2.24) is 0 Å². The van der Waals surface area contributed by atoms with E-state index in [1.165, 1.54) is 6.42 Å². The Labute approximate surface area is 118 Å². The van der Waals surface area contributed by atoms with Gasteiger partial charge in [0.1, 0.15) is 5.76 Å². The molecule has 2 nitrogen and oxygen atoms in total. The standard InChI is InChI=1S/C15H22O2.C2H6/c1-4-14(11-10-12(2)3)17-15(16)13-8-6-5-7-9-13;1-2/h4,10-11,13H,1,5-9H2,2-3H3;1-2H3/b14-11+;. The summed E-state index contributed by atoms with van der Waals surface area (Å²) in [7, 11) is 0. The van der Waals surface area contributed by atoms with Crippen molar-refractivity contribution in [3.05, 3.63) is 36.1 Å². The minimum atomic E-state index is -0.0991. The lowest BCUT2D eigenvalue weighted by Crippen LogP contribution is -2.19. The first-order valence-electron chi connectivity index (χ1n) is 7.33. The van der Waals surface area contributed by atoms with Crippen LogP contribution in [0.3, 0.4) is 0 Å². The fourth-order valence-electron chi connectivity index (χ4n) is 1.93. The summed E-state index contributed by atoms with van der Waals surface area (Å²) in [5.74, 6) is 0.526. The Balaban J connectivity index is 0.00000154. The number of ether oxygens (including phenoxy) is 1.